The summed E-state index contributed by atoms with van der Waals surface area (Å²) in [5, 5.41) is -1.66. The Bertz CT molecular complexity index is 2130. The molecule has 0 radical (unpaired) electrons. The molecule has 14 heteroatoms. The quantitative estimate of drug-likeness (QED) is 0.274. The summed E-state index contributed by atoms with van der Waals surface area (Å²) < 4.78 is 62.4. The largest absolute Gasteiger partial charge is 0.357 e. The van der Waals surface area contributed by atoms with Crippen molar-refractivity contribution in [2.24, 2.45) is 0 Å². The fraction of sp³-hybridized carbons (Fsp3) is 0.214. The lowest BCUT2D eigenvalue weighted by atomic mass is 10.1. The van der Waals surface area contributed by atoms with Crippen molar-refractivity contribution in [2.75, 3.05) is 0 Å². The monoisotopic (exact) mass is 612 g/mol. The summed E-state index contributed by atoms with van der Waals surface area (Å²) in [6.07, 6.45) is 0. The number of rotatable bonds is 6. The maximum atomic E-state index is 13.1. The van der Waals surface area contributed by atoms with Crippen LogP contribution in [0, 0.1) is 41.5 Å². The van der Waals surface area contributed by atoms with E-state index in [0.29, 0.717) is 22.3 Å². The van der Waals surface area contributed by atoms with E-state index in [1.807, 2.05) is 0 Å². The molecule has 0 spiro atoms. The molecule has 5 aromatic rings. The molecule has 5 rings (SSSR count). The van der Waals surface area contributed by atoms with Gasteiger partial charge in [-0.15, -0.1) is 0 Å². The van der Waals surface area contributed by atoms with Gasteiger partial charge < -0.3 is 0 Å². The zero-order valence-electron chi connectivity index (χ0n) is 23.3. The van der Waals surface area contributed by atoms with Crippen LogP contribution < -0.4 is 30.8 Å². The number of aromatic nitrogens is 2. The number of hydrogen-bond donors (Lipinski definition) is 0. The topological polar surface area (TPSA) is 165 Å². The van der Waals surface area contributed by atoms with E-state index < -0.39 is 64.0 Å². The molecule has 0 bridgehead atoms. The summed E-state index contributed by atoms with van der Waals surface area (Å²) >= 11 is 0. The molecule has 0 saturated heterocycles. The van der Waals surface area contributed by atoms with Crippen LogP contribution in [0.3, 0.4) is 0 Å². The van der Waals surface area contributed by atoms with Crippen LogP contribution in [0.2, 0.25) is 0 Å². The lowest BCUT2D eigenvalue weighted by Crippen LogP contribution is -2.36. The van der Waals surface area contributed by atoms with E-state index in [1.54, 1.807) is 38.1 Å². The molecule has 0 atom stereocenters. The second kappa shape index (κ2) is 9.49. The number of fused-ring (bicyclic) bond motifs is 2. The molecule has 0 N–H and O–H groups in total. The summed E-state index contributed by atoms with van der Waals surface area (Å²) in [6.45, 7) is 9.70. The van der Waals surface area contributed by atoms with Crippen molar-refractivity contribution in [1.29, 1.82) is 0 Å². The van der Waals surface area contributed by atoms with Crippen molar-refractivity contribution < 1.29 is 25.4 Å². The van der Waals surface area contributed by atoms with Gasteiger partial charge in [0.2, 0.25) is 0 Å². The Morgan fingerprint density at radius 2 is 0.690 bits per heavy atom. The average Bonchev–Trinajstić information content (AvgIpc) is 3.21. The second-order valence-corrected chi connectivity index (χ2v) is 13.2. The van der Waals surface area contributed by atoms with Crippen molar-refractivity contribution >= 4 is 41.8 Å². The highest BCUT2D eigenvalue weighted by molar-refractivity contribution is 7.87. The van der Waals surface area contributed by atoms with E-state index in [9.17, 15) is 36.0 Å². The molecule has 218 valence electrons. The predicted molar refractivity (Wildman–Crippen MR) is 154 cm³/mol. The Morgan fingerprint density at radius 3 is 0.929 bits per heavy atom. The minimum atomic E-state index is -4.65. The average molecular weight is 613 g/mol. The first-order valence-corrected chi connectivity index (χ1v) is 15.3. The Morgan fingerprint density at radius 1 is 0.452 bits per heavy atom. The van der Waals surface area contributed by atoms with Gasteiger partial charge in [0.15, 0.2) is 0 Å². The molecule has 3 aromatic carbocycles. The summed E-state index contributed by atoms with van der Waals surface area (Å²) in [6, 6.07) is 8.21. The molecule has 12 nitrogen and oxygen atoms in total. The molecule has 42 heavy (non-hydrogen) atoms. The molecular formula is C28H24N2O10S2. The van der Waals surface area contributed by atoms with Crippen LogP contribution in [0.15, 0.2) is 65.4 Å². The summed E-state index contributed by atoms with van der Waals surface area (Å²) in [4.78, 5) is 52.0. The number of aryl methyl sites for hydroxylation is 6. The van der Waals surface area contributed by atoms with Crippen molar-refractivity contribution in [3.63, 3.8) is 0 Å². The summed E-state index contributed by atoms with van der Waals surface area (Å²) in [7, 11) is -9.30. The minimum Gasteiger partial charge on any atom is -0.277 e. The Balaban J connectivity index is 1.64. The van der Waals surface area contributed by atoms with Gasteiger partial charge in [-0.25, -0.2) is 0 Å². The van der Waals surface area contributed by atoms with Gasteiger partial charge in [0, 0.05) is 0 Å². The molecule has 0 aliphatic rings. The van der Waals surface area contributed by atoms with Crippen LogP contribution in [0.5, 0.6) is 0 Å². The second-order valence-electron chi connectivity index (χ2n) is 10.3. The van der Waals surface area contributed by atoms with Gasteiger partial charge in [-0.05, 0) is 75.9 Å². The highest BCUT2D eigenvalue weighted by atomic mass is 32.2. The van der Waals surface area contributed by atoms with Crippen LogP contribution >= 0.6 is 0 Å². The highest BCUT2D eigenvalue weighted by Crippen LogP contribution is 2.24. The summed E-state index contributed by atoms with van der Waals surface area (Å²) in [5.74, 6) is 0. The van der Waals surface area contributed by atoms with E-state index >= 15 is 0 Å². The maximum Gasteiger partial charge on any atom is 0.357 e. The summed E-state index contributed by atoms with van der Waals surface area (Å²) in [5.41, 5.74) is -1.83. The van der Waals surface area contributed by atoms with Crippen LogP contribution in [0.25, 0.3) is 21.5 Å². The van der Waals surface area contributed by atoms with E-state index in [2.05, 4.69) is 0 Å². The normalized spacial score (nSPS) is 12.3. The molecule has 0 fully saturated rings. The van der Waals surface area contributed by atoms with Crippen LogP contribution in [-0.4, -0.2) is 26.3 Å². The standard InChI is InChI=1S/C28H24N2O10S2/c1-13-7-15(3)23(16(4)8-13)41(35,36)39-29-25(31)19-11-21-22(12-20(19)26(29)32)28(34)30(27(21)33)40-42(37,38)24-17(5)9-14(2)10-18(24)6/h7-12H,1-6H3. The first kappa shape index (κ1) is 29.0. The molecule has 0 aliphatic carbocycles. The van der Waals surface area contributed by atoms with Gasteiger partial charge >= 0.3 is 20.2 Å². The minimum absolute atomic E-state index is 0.0462. The van der Waals surface area contributed by atoms with E-state index in [-0.39, 0.29) is 19.3 Å². The van der Waals surface area contributed by atoms with Crippen LogP contribution in [0.1, 0.15) is 33.4 Å². The third-order valence-corrected chi connectivity index (χ3v) is 9.85. The van der Waals surface area contributed by atoms with Crippen molar-refractivity contribution in [3.8, 4) is 0 Å². The van der Waals surface area contributed by atoms with Crippen molar-refractivity contribution in [3.05, 3.63) is 111 Å². The molecule has 0 aliphatic heterocycles. The number of benzene rings is 3. The van der Waals surface area contributed by atoms with Gasteiger partial charge in [0.25, 0.3) is 22.2 Å². The van der Waals surface area contributed by atoms with Crippen molar-refractivity contribution in [1.82, 2.24) is 9.46 Å². The number of hydrogen-bond acceptors (Lipinski definition) is 10. The maximum absolute atomic E-state index is 13.1. The molecule has 0 amide bonds. The van der Waals surface area contributed by atoms with E-state index in [0.717, 1.165) is 23.3 Å². The lowest BCUT2D eigenvalue weighted by Gasteiger charge is -2.11. The van der Waals surface area contributed by atoms with Gasteiger partial charge in [-0.1, -0.05) is 44.9 Å². The predicted octanol–water partition coefficient (Wildman–Crippen LogP) is 1.40. The van der Waals surface area contributed by atoms with Gasteiger partial charge in [0.05, 0.1) is 21.5 Å². The van der Waals surface area contributed by atoms with Crippen molar-refractivity contribution in [2.45, 2.75) is 51.3 Å². The van der Waals surface area contributed by atoms with E-state index in [4.69, 9.17) is 8.57 Å². The first-order chi connectivity index (χ1) is 19.4. The molecular weight excluding hydrogens is 588 g/mol. The lowest BCUT2D eigenvalue weighted by molar-refractivity contribution is 0.262. The molecule has 2 aromatic heterocycles. The Kier molecular flexibility index (Phi) is 6.54. The molecule has 0 unspecified atom stereocenters. The Hall–Kier alpha value is -4.56. The Labute approximate surface area is 238 Å². The fourth-order valence-corrected chi connectivity index (χ4v) is 8.08. The smallest absolute Gasteiger partial charge is 0.277 e. The van der Waals surface area contributed by atoms with Gasteiger partial charge in [0.1, 0.15) is 9.79 Å². The van der Waals surface area contributed by atoms with Gasteiger partial charge in [-0.2, -0.15) is 16.8 Å². The molecule has 2 heterocycles. The zero-order valence-corrected chi connectivity index (χ0v) is 24.9. The highest BCUT2D eigenvalue weighted by Gasteiger charge is 2.29. The fourth-order valence-electron chi connectivity index (χ4n) is 5.46. The third-order valence-electron chi connectivity index (χ3n) is 6.87. The van der Waals surface area contributed by atoms with Gasteiger partial charge in [-0.3, -0.25) is 27.7 Å². The molecule has 0 saturated carbocycles. The van der Waals surface area contributed by atoms with Crippen LogP contribution in [0.4, 0.5) is 0 Å². The SMILES string of the molecule is Cc1cc(C)c(S(=O)(=O)On2c(=O)c3cc4c(=O)n(OS(=O)(=O)c5c(C)cc(C)cc5C)c(=O)c4cc3c2=O)c(C)c1. The zero-order chi connectivity index (χ0) is 31.0. The first-order valence-electron chi connectivity index (χ1n) is 12.4. The van der Waals surface area contributed by atoms with E-state index in [1.165, 1.54) is 27.7 Å². The third kappa shape index (κ3) is 4.43. The van der Waals surface area contributed by atoms with Crippen LogP contribution in [-0.2, 0) is 20.2 Å². The number of nitrogens with zero attached hydrogens (tertiary/aromatic N) is 2.